The predicted octanol–water partition coefficient (Wildman–Crippen LogP) is 2.08. The Balaban J connectivity index is 2.59. The Kier molecular flexibility index (Phi) is 2.56. The molecular weight excluding hydrogens is 202 g/mol. The lowest BCUT2D eigenvalue weighted by atomic mass is 10.1. The van der Waals surface area contributed by atoms with E-state index in [-0.39, 0.29) is 0 Å². The zero-order chi connectivity index (χ0) is 11.7. The number of anilines is 1. The normalized spacial score (nSPS) is 10.4. The molecule has 0 aliphatic rings. The number of methoxy groups -OCH3 is 1. The Labute approximate surface area is 94.6 Å². The van der Waals surface area contributed by atoms with Crippen LogP contribution < -0.4 is 10.5 Å². The van der Waals surface area contributed by atoms with E-state index in [0.29, 0.717) is 0 Å². The van der Waals surface area contributed by atoms with E-state index in [1.807, 2.05) is 38.2 Å². The average Bonchev–Trinajstić information content (AvgIpc) is 2.68. The van der Waals surface area contributed by atoms with Crippen molar-refractivity contribution < 1.29 is 4.74 Å². The van der Waals surface area contributed by atoms with E-state index in [1.165, 1.54) is 0 Å². The van der Waals surface area contributed by atoms with Crippen molar-refractivity contribution in [3.8, 4) is 11.4 Å². The number of hydrogen-bond donors (Lipinski definition) is 1. The minimum absolute atomic E-state index is 0.726. The highest BCUT2D eigenvalue weighted by atomic mass is 16.5. The molecule has 0 aliphatic carbocycles. The Morgan fingerprint density at radius 2 is 2.06 bits per heavy atom. The second-order valence-electron chi connectivity index (χ2n) is 3.78. The molecule has 0 bridgehead atoms. The summed E-state index contributed by atoms with van der Waals surface area (Å²) in [4.78, 5) is 0. The maximum Gasteiger partial charge on any atom is 0.146 e. The van der Waals surface area contributed by atoms with Crippen molar-refractivity contribution >= 4 is 5.69 Å². The number of aromatic nitrogens is 2. The van der Waals surface area contributed by atoms with Gasteiger partial charge in [0.2, 0.25) is 0 Å². The zero-order valence-corrected chi connectivity index (χ0v) is 9.69. The summed E-state index contributed by atoms with van der Waals surface area (Å²) >= 11 is 0. The number of benzene rings is 1. The third-order valence-corrected chi connectivity index (χ3v) is 2.54. The van der Waals surface area contributed by atoms with Gasteiger partial charge in [0.05, 0.1) is 12.8 Å². The zero-order valence-electron chi connectivity index (χ0n) is 9.69. The fourth-order valence-corrected chi connectivity index (χ4v) is 1.58. The van der Waals surface area contributed by atoms with Crippen LogP contribution in [0.5, 0.6) is 5.75 Å². The fourth-order valence-electron chi connectivity index (χ4n) is 1.58. The van der Waals surface area contributed by atoms with Gasteiger partial charge >= 0.3 is 0 Å². The van der Waals surface area contributed by atoms with Crippen molar-refractivity contribution in [1.82, 2.24) is 9.78 Å². The highest BCUT2D eigenvalue weighted by Crippen LogP contribution is 2.27. The van der Waals surface area contributed by atoms with Gasteiger partial charge in [-0.1, -0.05) is 0 Å². The minimum Gasteiger partial charge on any atom is -0.494 e. The van der Waals surface area contributed by atoms with Gasteiger partial charge in [-0.3, -0.25) is 0 Å². The SMILES string of the molecule is COc1cc(N)c(C)cc1-n1ccc(C)n1. The molecule has 0 saturated heterocycles. The number of hydrogen-bond acceptors (Lipinski definition) is 3. The van der Waals surface area contributed by atoms with E-state index in [9.17, 15) is 0 Å². The molecule has 0 unspecified atom stereocenters. The molecule has 0 atom stereocenters. The van der Waals surface area contributed by atoms with Crippen LogP contribution in [0.2, 0.25) is 0 Å². The van der Waals surface area contributed by atoms with Crippen LogP contribution in [0.25, 0.3) is 5.69 Å². The lowest BCUT2D eigenvalue weighted by Gasteiger charge is -2.11. The first kappa shape index (κ1) is 10.5. The second-order valence-corrected chi connectivity index (χ2v) is 3.78. The molecule has 0 fully saturated rings. The van der Waals surface area contributed by atoms with Crippen molar-refractivity contribution in [2.75, 3.05) is 12.8 Å². The van der Waals surface area contributed by atoms with Gasteiger partial charge < -0.3 is 10.5 Å². The largest absolute Gasteiger partial charge is 0.494 e. The monoisotopic (exact) mass is 217 g/mol. The summed E-state index contributed by atoms with van der Waals surface area (Å²) in [6, 6.07) is 5.74. The van der Waals surface area contributed by atoms with Gasteiger partial charge in [-0.15, -0.1) is 0 Å². The second kappa shape index (κ2) is 3.89. The molecule has 4 nitrogen and oxygen atoms in total. The van der Waals surface area contributed by atoms with Gasteiger partial charge in [-0.2, -0.15) is 5.10 Å². The molecule has 0 amide bonds. The maximum absolute atomic E-state index is 5.84. The van der Waals surface area contributed by atoms with Crippen molar-refractivity contribution in [3.63, 3.8) is 0 Å². The lowest BCUT2D eigenvalue weighted by molar-refractivity contribution is 0.412. The van der Waals surface area contributed by atoms with Crippen LogP contribution in [0.3, 0.4) is 0 Å². The van der Waals surface area contributed by atoms with Crippen molar-refractivity contribution in [3.05, 3.63) is 35.7 Å². The molecular formula is C12H15N3O. The van der Waals surface area contributed by atoms with Crippen LogP contribution in [-0.4, -0.2) is 16.9 Å². The molecule has 1 aromatic carbocycles. The van der Waals surface area contributed by atoms with E-state index in [4.69, 9.17) is 10.5 Å². The number of rotatable bonds is 2. The number of aryl methyl sites for hydroxylation is 2. The summed E-state index contributed by atoms with van der Waals surface area (Å²) in [6.07, 6.45) is 1.91. The number of nitrogens with zero attached hydrogens (tertiary/aromatic N) is 2. The Bertz CT molecular complexity index is 517. The average molecular weight is 217 g/mol. The Hall–Kier alpha value is -1.97. The minimum atomic E-state index is 0.726. The molecule has 0 spiro atoms. The van der Waals surface area contributed by atoms with E-state index < -0.39 is 0 Å². The molecule has 4 heteroatoms. The number of nitrogens with two attached hydrogens (primary N) is 1. The van der Waals surface area contributed by atoms with E-state index in [0.717, 1.165) is 28.4 Å². The Morgan fingerprint density at radius 1 is 1.31 bits per heavy atom. The van der Waals surface area contributed by atoms with Crippen LogP contribution in [0.15, 0.2) is 24.4 Å². The summed E-state index contributed by atoms with van der Waals surface area (Å²) in [5.41, 5.74) is 9.46. The quantitative estimate of drug-likeness (QED) is 0.783. The predicted molar refractivity (Wildman–Crippen MR) is 64.0 cm³/mol. The lowest BCUT2D eigenvalue weighted by Crippen LogP contribution is -2.01. The van der Waals surface area contributed by atoms with Crippen LogP contribution in [0, 0.1) is 13.8 Å². The number of nitrogen functional groups attached to an aromatic ring is 1. The molecule has 2 rings (SSSR count). The fraction of sp³-hybridized carbons (Fsp3) is 0.250. The summed E-state index contributed by atoms with van der Waals surface area (Å²) in [7, 11) is 1.63. The molecule has 1 aromatic heterocycles. The molecule has 84 valence electrons. The van der Waals surface area contributed by atoms with Crippen LogP contribution in [0.4, 0.5) is 5.69 Å². The van der Waals surface area contributed by atoms with E-state index in [1.54, 1.807) is 11.8 Å². The molecule has 1 heterocycles. The van der Waals surface area contributed by atoms with E-state index in [2.05, 4.69) is 5.10 Å². The summed E-state index contributed by atoms with van der Waals surface area (Å²) in [6.45, 7) is 3.92. The van der Waals surface area contributed by atoms with Crippen LogP contribution in [-0.2, 0) is 0 Å². The molecule has 2 N–H and O–H groups in total. The summed E-state index contributed by atoms with van der Waals surface area (Å²) in [5.74, 6) is 0.728. The van der Waals surface area contributed by atoms with Crippen molar-refractivity contribution in [1.29, 1.82) is 0 Å². The van der Waals surface area contributed by atoms with Gasteiger partial charge in [0.1, 0.15) is 11.4 Å². The third kappa shape index (κ3) is 1.74. The molecule has 0 aliphatic heterocycles. The first-order valence-electron chi connectivity index (χ1n) is 5.08. The van der Waals surface area contributed by atoms with Crippen LogP contribution in [0.1, 0.15) is 11.3 Å². The molecule has 16 heavy (non-hydrogen) atoms. The summed E-state index contributed by atoms with van der Waals surface area (Å²) in [5, 5.41) is 4.36. The first-order chi connectivity index (χ1) is 7.61. The highest BCUT2D eigenvalue weighted by molar-refractivity contribution is 5.60. The topological polar surface area (TPSA) is 53.1 Å². The van der Waals surface area contributed by atoms with Gasteiger partial charge in [0.15, 0.2) is 0 Å². The molecule has 2 aromatic rings. The van der Waals surface area contributed by atoms with Gasteiger partial charge in [-0.05, 0) is 31.5 Å². The maximum atomic E-state index is 5.84. The molecule has 0 saturated carbocycles. The van der Waals surface area contributed by atoms with Gasteiger partial charge in [-0.25, -0.2) is 4.68 Å². The summed E-state index contributed by atoms with van der Waals surface area (Å²) < 4.78 is 7.10. The van der Waals surface area contributed by atoms with Crippen LogP contribution >= 0.6 is 0 Å². The van der Waals surface area contributed by atoms with Gasteiger partial charge in [0, 0.05) is 18.0 Å². The van der Waals surface area contributed by atoms with Crippen molar-refractivity contribution in [2.45, 2.75) is 13.8 Å². The highest BCUT2D eigenvalue weighted by Gasteiger charge is 2.08. The first-order valence-corrected chi connectivity index (χ1v) is 5.08. The van der Waals surface area contributed by atoms with Crippen molar-refractivity contribution in [2.24, 2.45) is 0 Å². The van der Waals surface area contributed by atoms with E-state index >= 15 is 0 Å². The molecule has 0 radical (unpaired) electrons. The third-order valence-electron chi connectivity index (χ3n) is 2.54. The number of ether oxygens (including phenoxy) is 1. The Morgan fingerprint density at radius 3 is 2.62 bits per heavy atom. The smallest absolute Gasteiger partial charge is 0.146 e. The van der Waals surface area contributed by atoms with Gasteiger partial charge in [0.25, 0.3) is 0 Å². The standard InChI is InChI=1S/C12H15N3O/c1-8-6-11(12(16-3)7-10(8)13)15-5-4-9(2)14-15/h4-7H,13H2,1-3H3.